The molecular formula is C13H22N2O4. The van der Waals surface area contributed by atoms with Gasteiger partial charge in [0.25, 0.3) is 0 Å². The van der Waals surface area contributed by atoms with Crippen LogP contribution in [0.15, 0.2) is 24.3 Å². The van der Waals surface area contributed by atoms with Gasteiger partial charge in [0.1, 0.15) is 5.75 Å². The van der Waals surface area contributed by atoms with Crippen molar-refractivity contribution in [2.24, 2.45) is 11.5 Å². The molecule has 0 atom stereocenters. The molecule has 0 aliphatic rings. The summed E-state index contributed by atoms with van der Waals surface area (Å²) in [5, 5.41) is 8.88. The highest BCUT2D eigenvalue weighted by Gasteiger charge is 1.93. The molecular weight excluding hydrogens is 248 g/mol. The molecule has 0 unspecified atom stereocenters. The fraction of sp³-hybridized carbons (Fsp3) is 0.462. The minimum absolute atomic E-state index is 0.0347. The molecule has 0 saturated heterocycles. The molecule has 108 valence electrons. The van der Waals surface area contributed by atoms with Gasteiger partial charge in [0.15, 0.2) is 6.29 Å². The number of rotatable bonds is 8. The average molecular weight is 270 g/mol. The minimum Gasteiger partial charge on any atom is -0.507 e. The van der Waals surface area contributed by atoms with E-state index in [0.29, 0.717) is 51.4 Å². The maximum atomic E-state index is 10.1. The van der Waals surface area contributed by atoms with Gasteiger partial charge in [-0.15, -0.1) is 0 Å². The Morgan fingerprint density at radius 2 is 1.53 bits per heavy atom. The molecule has 1 aromatic rings. The molecule has 0 bridgehead atoms. The van der Waals surface area contributed by atoms with E-state index in [2.05, 4.69) is 0 Å². The second-order valence-corrected chi connectivity index (χ2v) is 3.48. The summed E-state index contributed by atoms with van der Waals surface area (Å²) in [4.78, 5) is 10.1. The van der Waals surface area contributed by atoms with Gasteiger partial charge in [-0.3, -0.25) is 4.79 Å². The average Bonchev–Trinajstić information content (AvgIpc) is 2.44. The molecule has 1 aromatic carbocycles. The molecule has 0 amide bonds. The van der Waals surface area contributed by atoms with E-state index in [-0.39, 0.29) is 5.75 Å². The topological polar surface area (TPSA) is 108 Å². The summed E-state index contributed by atoms with van der Waals surface area (Å²) in [5.74, 6) is 0.0347. The third-order valence-corrected chi connectivity index (χ3v) is 1.96. The molecule has 5 N–H and O–H groups in total. The van der Waals surface area contributed by atoms with Crippen LogP contribution in [-0.4, -0.2) is 50.9 Å². The van der Waals surface area contributed by atoms with Gasteiger partial charge in [-0.05, 0) is 12.1 Å². The van der Waals surface area contributed by atoms with Crippen LogP contribution < -0.4 is 11.5 Å². The Kier molecular flexibility index (Phi) is 12.0. The molecule has 0 aliphatic heterocycles. The van der Waals surface area contributed by atoms with Crippen molar-refractivity contribution >= 4 is 6.29 Å². The number of aromatic hydroxyl groups is 1. The number of aldehydes is 1. The van der Waals surface area contributed by atoms with E-state index in [1.165, 1.54) is 6.07 Å². The predicted molar refractivity (Wildman–Crippen MR) is 73.2 cm³/mol. The van der Waals surface area contributed by atoms with Gasteiger partial charge in [0.2, 0.25) is 0 Å². The van der Waals surface area contributed by atoms with Crippen molar-refractivity contribution < 1.29 is 19.4 Å². The second kappa shape index (κ2) is 13.0. The molecule has 1 rings (SSSR count). The van der Waals surface area contributed by atoms with Crippen LogP contribution in [0.5, 0.6) is 5.75 Å². The van der Waals surface area contributed by atoms with Crippen molar-refractivity contribution in [3.05, 3.63) is 29.8 Å². The van der Waals surface area contributed by atoms with Gasteiger partial charge in [-0.2, -0.15) is 0 Å². The fourth-order valence-electron chi connectivity index (χ4n) is 1.08. The van der Waals surface area contributed by atoms with E-state index < -0.39 is 0 Å². The van der Waals surface area contributed by atoms with Crippen LogP contribution in [0.3, 0.4) is 0 Å². The smallest absolute Gasteiger partial charge is 0.153 e. The number of benzene rings is 1. The molecule has 0 heterocycles. The van der Waals surface area contributed by atoms with Crippen LogP contribution in [0, 0.1) is 0 Å². The normalized spacial score (nSPS) is 9.58. The number of para-hydroxylation sites is 1. The quantitative estimate of drug-likeness (QED) is 0.458. The molecule has 0 radical (unpaired) electrons. The first-order valence-corrected chi connectivity index (χ1v) is 6.05. The lowest BCUT2D eigenvalue weighted by Gasteiger charge is -2.02. The Labute approximate surface area is 113 Å². The fourth-order valence-corrected chi connectivity index (χ4v) is 1.08. The highest BCUT2D eigenvalue weighted by molar-refractivity contribution is 5.78. The minimum atomic E-state index is 0.0347. The molecule has 6 nitrogen and oxygen atoms in total. The highest BCUT2D eigenvalue weighted by Crippen LogP contribution is 2.11. The van der Waals surface area contributed by atoms with Crippen LogP contribution in [0.2, 0.25) is 0 Å². The van der Waals surface area contributed by atoms with Crippen LogP contribution in [0.4, 0.5) is 0 Å². The standard InChI is InChI=1S/C7H6O2.C6H16N2O2/c8-5-6-3-1-2-4-7(6)9;7-1-3-9-5-6-10-4-2-8/h1-5,9H;1-8H2. The van der Waals surface area contributed by atoms with Crippen molar-refractivity contribution in [3.8, 4) is 5.75 Å². The van der Waals surface area contributed by atoms with Crippen LogP contribution in [0.1, 0.15) is 10.4 Å². The summed E-state index contributed by atoms with van der Waals surface area (Å²) in [7, 11) is 0. The number of hydrogen-bond acceptors (Lipinski definition) is 6. The first-order chi connectivity index (χ1) is 9.26. The number of hydrogen-bond donors (Lipinski definition) is 3. The second-order valence-electron chi connectivity index (χ2n) is 3.48. The van der Waals surface area contributed by atoms with Crippen molar-refractivity contribution in [2.75, 3.05) is 39.5 Å². The van der Waals surface area contributed by atoms with Gasteiger partial charge in [-0.25, -0.2) is 0 Å². The largest absolute Gasteiger partial charge is 0.507 e. The maximum absolute atomic E-state index is 10.1. The molecule has 0 spiro atoms. The molecule has 0 aromatic heterocycles. The predicted octanol–water partition coefficient (Wildman–Crippen LogP) is 0.142. The Hall–Kier alpha value is -1.47. The number of carbonyl (C=O) groups is 1. The van der Waals surface area contributed by atoms with Crippen LogP contribution >= 0.6 is 0 Å². The molecule has 0 saturated carbocycles. The molecule has 19 heavy (non-hydrogen) atoms. The number of carbonyl (C=O) groups excluding carboxylic acids is 1. The monoisotopic (exact) mass is 270 g/mol. The van der Waals surface area contributed by atoms with E-state index in [9.17, 15) is 4.79 Å². The van der Waals surface area contributed by atoms with Crippen molar-refractivity contribution in [1.29, 1.82) is 0 Å². The van der Waals surface area contributed by atoms with Crippen LogP contribution in [-0.2, 0) is 9.47 Å². The van der Waals surface area contributed by atoms with Gasteiger partial charge >= 0.3 is 0 Å². The summed E-state index contributed by atoms with van der Waals surface area (Å²) in [6, 6.07) is 6.40. The third-order valence-electron chi connectivity index (χ3n) is 1.96. The summed E-state index contributed by atoms with van der Waals surface area (Å²) in [6.45, 7) is 3.56. The van der Waals surface area contributed by atoms with Crippen molar-refractivity contribution in [2.45, 2.75) is 0 Å². The molecule has 0 fully saturated rings. The molecule has 6 heteroatoms. The van der Waals surface area contributed by atoms with Gasteiger partial charge in [0.05, 0.1) is 32.0 Å². The number of nitrogens with two attached hydrogens (primary N) is 2. The zero-order valence-corrected chi connectivity index (χ0v) is 11.0. The summed E-state index contributed by atoms with van der Waals surface area (Å²) in [5.41, 5.74) is 10.7. The van der Waals surface area contributed by atoms with E-state index >= 15 is 0 Å². The van der Waals surface area contributed by atoms with Gasteiger partial charge in [0, 0.05) is 13.1 Å². The summed E-state index contributed by atoms with van der Waals surface area (Å²) >= 11 is 0. The van der Waals surface area contributed by atoms with Gasteiger partial charge < -0.3 is 26.0 Å². The lowest BCUT2D eigenvalue weighted by Crippen LogP contribution is -2.14. The SMILES string of the molecule is NCCOCCOCCN.O=Cc1ccccc1O. The summed E-state index contributed by atoms with van der Waals surface area (Å²) < 4.78 is 10.1. The van der Waals surface area contributed by atoms with Gasteiger partial charge in [-0.1, -0.05) is 12.1 Å². The first kappa shape index (κ1) is 17.5. The Balaban J connectivity index is 0.000000342. The third kappa shape index (κ3) is 10.2. The zero-order chi connectivity index (χ0) is 14.3. The van der Waals surface area contributed by atoms with Crippen molar-refractivity contribution in [3.63, 3.8) is 0 Å². The van der Waals surface area contributed by atoms with E-state index in [4.69, 9.17) is 26.0 Å². The number of phenolic OH excluding ortho intramolecular Hbond substituents is 1. The number of phenols is 1. The lowest BCUT2D eigenvalue weighted by molar-refractivity contribution is 0.0538. The Bertz CT molecular complexity index is 326. The number of ether oxygens (including phenoxy) is 2. The Morgan fingerprint density at radius 1 is 1.00 bits per heavy atom. The van der Waals surface area contributed by atoms with E-state index in [0.717, 1.165) is 0 Å². The Morgan fingerprint density at radius 3 is 1.89 bits per heavy atom. The summed E-state index contributed by atoms with van der Waals surface area (Å²) in [6.07, 6.45) is 0.620. The zero-order valence-electron chi connectivity index (χ0n) is 11.0. The van der Waals surface area contributed by atoms with Crippen molar-refractivity contribution in [1.82, 2.24) is 0 Å². The molecule has 0 aliphatic carbocycles. The highest BCUT2D eigenvalue weighted by atomic mass is 16.5. The lowest BCUT2D eigenvalue weighted by atomic mass is 10.2. The van der Waals surface area contributed by atoms with E-state index in [1.807, 2.05) is 0 Å². The maximum Gasteiger partial charge on any atom is 0.153 e. The van der Waals surface area contributed by atoms with E-state index in [1.54, 1.807) is 18.2 Å². The first-order valence-electron chi connectivity index (χ1n) is 6.05. The van der Waals surface area contributed by atoms with Crippen LogP contribution in [0.25, 0.3) is 0 Å².